The van der Waals surface area contributed by atoms with E-state index in [2.05, 4.69) is 20.1 Å². The standard InChI is InChI=1S/C7H3BrF3NO5S/c8-4-1-2-6(5(3-4)12(13)14)17-18(15,16)7(9,10)11/h1-3H. The summed E-state index contributed by atoms with van der Waals surface area (Å²) in [5.41, 5.74) is -6.56. The molecule has 0 aliphatic carbocycles. The molecule has 0 unspecified atom stereocenters. The Hall–Kier alpha value is -1.36. The summed E-state index contributed by atoms with van der Waals surface area (Å²) >= 11 is 2.85. The van der Waals surface area contributed by atoms with Crippen LogP contribution in [0.15, 0.2) is 22.7 Å². The molecule has 0 atom stereocenters. The Morgan fingerprint density at radius 1 is 1.33 bits per heavy atom. The molecular weight excluding hydrogens is 347 g/mol. The lowest BCUT2D eigenvalue weighted by atomic mass is 10.3. The van der Waals surface area contributed by atoms with Crippen molar-refractivity contribution in [2.24, 2.45) is 0 Å². The molecule has 0 saturated heterocycles. The van der Waals surface area contributed by atoms with E-state index in [9.17, 15) is 31.7 Å². The third-order valence-corrected chi connectivity index (χ3v) is 3.06. The molecule has 11 heteroatoms. The van der Waals surface area contributed by atoms with E-state index in [4.69, 9.17) is 0 Å². The summed E-state index contributed by atoms with van der Waals surface area (Å²) in [5, 5.41) is 10.5. The number of nitro benzene ring substituents is 1. The first-order valence-electron chi connectivity index (χ1n) is 3.99. The molecule has 0 aliphatic rings. The summed E-state index contributed by atoms with van der Waals surface area (Å²) in [6.07, 6.45) is 0. The number of hydrogen-bond acceptors (Lipinski definition) is 5. The van der Waals surface area contributed by atoms with Gasteiger partial charge in [-0.3, -0.25) is 10.1 Å². The van der Waals surface area contributed by atoms with Gasteiger partial charge in [-0.25, -0.2) is 0 Å². The number of nitrogens with zero attached hydrogens (tertiary/aromatic N) is 1. The Morgan fingerprint density at radius 2 is 1.89 bits per heavy atom. The predicted octanol–water partition coefficient (Wildman–Crippen LogP) is 2.59. The van der Waals surface area contributed by atoms with Crippen LogP contribution in [0.4, 0.5) is 18.9 Å². The maximum atomic E-state index is 12.0. The van der Waals surface area contributed by atoms with Gasteiger partial charge >= 0.3 is 21.3 Å². The van der Waals surface area contributed by atoms with Crippen molar-refractivity contribution in [2.75, 3.05) is 0 Å². The number of rotatable bonds is 3. The number of alkyl halides is 3. The molecule has 0 amide bonds. The Bertz CT molecular complexity index is 585. The highest BCUT2D eigenvalue weighted by molar-refractivity contribution is 9.10. The van der Waals surface area contributed by atoms with E-state index < -0.39 is 32.0 Å². The van der Waals surface area contributed by atoms with Crippen molar-refractivity contribution >= 4 is 31.7 Å². The van der Waals surface area contributed by atoms with Crippen molar-refractivity contribution in [3.05, 3.63) is 32.8 Å². The third kappa shape index (κ3) is 3.10. The molecule has 0 saturated carbocycles. The molecule has 6 nitrogen and oxygen atoms in total. The van der Waals surface area contributed by atoms with E-state index >= 15 is 0 Å². The Morgan fingerprint density at radius 3 is 2.33 bits per heavy atom. The van der Waals surface area contributed by atoms with Crippen LogP contribution >= 0.6 is 15.9 Å². The summed E-state index contributed by atoms with van der Waals surface area (Å²) in [6.45, 7) is 0. The van der Waals surface area contributed by atoms with Gasteiger partial charge in [0.05, 0.1) is 4.92 Å². The van der Waals surface area contributed by atoms with Crippen LogP contribution < -0.4 is 4.18 Å². The molecule has 0 bridgehead atoms. The van der Waals surface area contributed by atoms with Gasteiger partial charge in [-0.15, -0.1) is 0 Å². The first-order valence-corrected chi connectivity index (χ1v) is 6.19. The normalized spacial score (nSPS) is 12.2. The fourth-order valence-electron chi connectivity index (χ4n) is 0.869. The molecule has 0 aromatic heterocycles. The summed E-state index contributed by atoms with van der Waals surface area (Å²) < 4.78 is 61.4. The molecule has 0 fully saturated rings. The van der Waals surface area contributed by atoms with Crippen LogP contribution in [0.25, 0.3) is 0 Å². The first-order chi connectivity index (χ1) is 8.04. The minimum atomic E-state index is -5.94. The van der Waals surface area contributed by atoms with E-state index in [1.807, 2.05) is 0 Å². The molecule has 0 N–H and O–H groups in total. The fraction of sp³-hybridized carbons (Fsp3) is 0.143. The molecule has 0 radical (unpaired) electrons. The smallest absolute Gasteiger partial charge is 0.369 e. The van der Waals surface area contributed by atoms with E-state index in [-0.39, 0.29) is 4.47 Å². The number of halogens is 4. The van der Waals surface area contributed by atoms with Crippen LogP contribution in [0.1, 0.15) is 0 Å². The highest BCUT2D eigenvalue weighted by Crippen LogP contribution is 2.34. The highest BCUT2D eigenvalue weighted by atomic mass is 79.9. The second-order valence-corrected chi connectivity index (χ2v) is 5.31. The average molecular weight is 350 g/mol. The zero-order valence-corrected chi connectivity index (χ0v) is 10.5. The quantitative estimate of drug-likeness (QED) is 0.362. The predicted molar refractivity (Wildman–Crippen MR) is 56.4 cm³/mol. The van der Waals surface area contributed by atoms with Crippen molar-refractivity contribution in [2.45, 2.75) is 5.51 Å². The number of benzene rings is 1. The molecule has 1 aromatic rings. The monoisotopic (exact) mass is 349 g/mol. The van der Waals surface area contributed by atoms with Crippen LogP contribution in [0.3, 0.4) is 0 Å². The van der Waals surface area contributed by atoms with E-state index in [1.54, 1.807) is 0 Å². The van der Waals surface area contributed by atoms with Crippen LogP contribution in [0, 0.1) is 10.1 Å². The molecular formula is C7H3BrF3NO5S. The lowest BCUT2D eigenvalue weighted by Gasteiger charge is -2.09. The summed E-state index contributed by atoms with van der Waals surface area (Å²) in [5.74, 6) is -1.01. The van der Waals surface area contributed by atoms with Crippen LogP contribution in [-0.2, 0) is 10.1 Å². The van der Waals surface area contributed by atoms with Gasteiger partial charge in [0, 0.05) is 10.5 Å². The van der Waals surface area contributed by atoms with Gasteiger partial charge in [0.1, 0.15) is 0 Å². The topological polar surface area (TPSA) is 86.5 Å². The van der Waals surface area contributed by atoms with Crippen molar-refractivity contribution in [3.8, 4) is 5.75 Å². The molecule has 100 valence electrons. The van der Waals surface area contributed by atoms with Crippen molar-refractivity contribution in [1.29, 1.82) is 0 Å². The minimum absolute atomic E-state index is 0.186. The SMILES string of the molecule is O=[N+]([O-])c1cc(Br)ccc1OS(=O)(=O)C(F)(F)F. The Kier molecular flexibility index (Phi) is 3.86. The van der Waals surface area contributed by atoms with E-state index in [0.29, 0.717) is 0 Å². The second kappa shape index (κ2) is 4.72. The van der Waals surface area contributed by atoms with E-state index in [0.717, 1.165) is 18.2 Å². The average Bonchev–Trinajstić information content (AvgIpc) is 2.18. The van der Waals surface area contributed by atoms with Gasteiger partial charge < -0.3 is 4.18 Å². The van der Waals surface area contributed by atoms with Crippen LogP contribution in [0.5, 0.6) is 5.75 Å². The summed E-state index contributed by atoms with van der Waals surface area (Å²) in [7, 11) is -5.94. The van der Waals surface area contributed by atoms with Crippen molar-refractivity contribution in [1.82, 2.24) is 0 Å². The van der Waals surface area contributed by atoms with Gasteiger partial charge in [-0.2, -0.15) is 21.6 Å². The lowest BCUT2D eigenvalue weighted by molar-refractivity contribution is -0.385. The van der Waals surface area contributed by atoms with Gasteiger partial charge in [0.25, 0.3) is 0 Å². The number of nitro groups is 1. The zero-order chi connectivity index (χ0) is 14.1. The zero-order valence-electron chi connectivity index (χ0n) is 8.14. The Balaban J connectivity index is 3.25. The van der Waals surface area contributed by atoms with Crippen LogP contribution in [-0.4, -0.2) is 18.8 Å². The largest absolute Gasteiger partial charge is 0.534 e. The molecule has 18 heavy (non-hydrogen) atoms. The molecule has 0 aliphatic heterocycles. The van der Waals surface area contributed by atoms with Crippen LogP contribution in [0.2, 0.25) is 0 Å². The van der Waals surface area contributed by atoms with Gasteiger partial charge in [0.2, 0.25) is 5.75 Å². The van der Waals surface area contributed by atoms with Gasteiger partial charge in [0.15, 0.2) is 0 Å². The minimum Gasteiger partial charge on any atom is -0.369 e. The van der Waals surface area contributed by atoms with Gasteiger partial charge in [-0.1, -0.05) is 15.9 Å². The number of hydrogen-bond donors (Lipinski definition) is 0. The maximum absolute atomic E-state index is 12.0. The summed E-state index contributed by atoms with van der Waals surface area (Å²) in [4.78, 5) is 9.47. The first kappa shape index (κ1) is 14.7. The molecule has 0 spiro atoms. The van der Waals surface area contributed by atoms with Crippen molar-refractivity contribution < 1.29 is 30.7 Å². The highest BCUT2D eigenvalue weighted by Gasteiger charge is 2.49. The van der Waals surface area contributed by atoms with E-state index in [1.165, 1.54) is 0 Å². The lowest BCUT2D eigenvalue weighted by Crippen LogP contribution is -2.28. The molecule has 0 heterocycles. The second-order valence-electron chi connectivity index (χ2n) is 2.85. The molecule has 1 aromatic carbocycles. The Labute approximate surface area is 107 Å². The van der Waals surface area contributed by atoms with Crippen molar-refractivity contribution in [3.63, 3.8) is 0 Å². The maximum Gasteiger partial charge on any atom is 0.534 e. The third-order valence-electron chi connectivity index (χ3n) is 1.60. The fourth-order valence-corrected chi connectivity index (χ4v) is 1.69. The van der Waals surface area contributed by atoms with Gasteiger partial charge in [-0.05, 0) is 12.1 Å². The molecule has 1 rings (SSSR count). The summed E-state index contributed by atoms with van der Waals surface area (Å²) in [6, 6.07) is 2.67.